The van der Waals surface area contributed by atoms with Gasteiger partial charge in [0.25, 0.3) is 0 Å². The fourth-order valence-electron chi connectivity index (χ4n) is 3.78. The lowest BCUT2D eigenvalue weighted by Crippen LogP contribution is -2.45. The summed E-state index contributed by atoms with van der Waals surface area (Å²) in [7, 11) is 0. The molecule has 1 aromatic rings. The standard InChI is InChI=1S/C16H28N4/c1-2-4-13-5-3-7-20(8-6-13)11-14-9-15-16(10-17-14)19-12-18-15/h12-14,17H,2-11H2,1H3,(H,18,19). The van der Waals surface area contributed by atoms with Gasteiger partial charge in [-0.1, -0.05) is 19.8 Å². The zero-order valence-corrected chi connectivity index (χ0v) is 12.7. The summed E-state index contributed by atoms with van der Waals surface area (Å²) in [5.74, 6) is 0.974. The van der Waals surface area contributed by atoms with Gasteiger partial charge in [-0.15, -0.1) is 0 Å². The van der Waals surface area contributed by atoms with Crippen LogP contribution in [0.5, 0.6) is 0 Å². The Hall–Kier alpha value is -0.870. The highest BCUT2D eigenvalue weighted by Gasteiger charge is 2.23. The molecule has 4 nitrogen and oxygen atoms in total. The van der Waals surface area contributed by atoms with Crippen LogP contribution in [0, 0.1) is 5.92 Å². The minimum absolute atomic E-state index is 0.577. The predicted octanol–water partition coefficient (Wildman–Crippen LogP) is 2.33. The molecule has 2 N–H and O–H groups in total. The van der Waals surface area contributed by atoms with Crippen LogP contribution in [0.3, 0.4) is 0 Å². The molecule has 0 aromatic carbocycles. The molecule has 4 heteroatoms. The van der Waals surface area contributed by atoms with Gasteiger partial charge in [0, 0.05) is 25.6 Å². The molecular weight excluding hydrogens is 248 g/mol. The van der Waals surface area contributed by atoms with E-state index in [0.717, 1.165) is 18.9 Å². The fourth-order valence-corrected chi connectivity index (χ4v) is 3.78. The third kappa shape index (κ3) is 3.41. The van der Waals surface area contributed by atoms with Gasteiger partial charge in [0.05, 0.1) is 17.7 Å². The molecule has 0 aliphatic carbocycles. The second kappa shape index (κ2) is 6.72. The molecule has 0 spiro atoms. The molecule has 3 rings (SSSR count). The molecule has 3 heterocycles. The zero-order chi connectivity index (χ0) is 13.8. The van der Waals surface area contributed by atoms with Crippen LogP contribution in [0.4, 0.5) is 0 Å². The Balaban J connectivity index is 1.49. The van der Waals surface area contributed by atoms with E-state index in [-0.39, 0.29) is 0 Å². The molecule has 1 fully saturated rings. The van der Waals surface area contributed by atoms with E-state index < -0.39 is 0 Å². The largest absolute Gasteiger partial charge is 0.347 e. The van der Waals surface area contributed by atoms with Crippen molar-refractivity contribution in [3.05, 3.63) is 17.7 Å². The Morgan fingerprint density at radius 1 is 1.35 bits per heavy atom. The number of fused-ring (bicyclic) bond motifs is 1. The second-order valence-corrected chi connectivity index (χ2v) is 6.50. The van der Waals surface area contributed by atoms with Gasteiger partial charge in [0.2, 0.25) is 0 Å². The molecule has 1 saturated heterocycles. The van der Waals surface area contributed by atoms with Crippen LogP contribution in [0.15, 0.2) is 6.33 Å². The number of nitrogens with zero attached hydrogens (tertiary/aromatic N) is 2. The number of aromatic nitrogens is 2. The Morgan fingerprint density at radius 3 is 3.20 bits per heavy atom. The number of hydrogen-bond donors (Lipinski definition) is 2. The van der Waals surface area contributed by atoms with Crippen LogP contribution in [0.2, 0.25) is 0 Å². The highest BCUT2D eigenvalue weighted by Crippen LogP contribution is 2.22. The summed E-state index contributed by atoms with van der Waals surface area (Å²) in [6, 6.07) is 0.577. The van der Waals surface area contributed by atoms with Crippen molar-refractivity contribution in [1.29, 1.82) is 0 Å². The summed E-state index contributed by atoms with van der Waals surface area (Å²) in [6.45, 7) is 7.02. The maximum atomic E-state index is 4.44. The van der Waals surface area contributed by atoms with E-state index in [2.05, 4.69) is 27.1 Å². The minimum atomic E-state index is 0.577. The molecule has 20 heavy (non-hydrogen) atoms. The van der Waals surface area contributed by atoms with E-state index in [4.69, 9.17) is 0 Å². The molecule has 2 unspecified atom stereocenters. The van der Waals surface area contributed by atoms with E-state index in [1.807, 2.05) is 6.33 Å². The fraction of sp³-hybridized carbons (Fsp3) is 0.812. The SMILES string of the molecule is CCCC1CCCN(CC2Cc3nc[nH]c3CN2)CC1. The first-order valence-electron chi connectivity index (χ1n) is 8.32. The Morgan fingerprint density at radius 2 is 2.30 bits per heavy atom. The first-order valence-corrected chi connectivity index (χ1v) is 8.32. The van der Waals surface area contributed by atoms with Gasteiger partial charge in [-0.3, -0.25) is 0 Å². The average Bonchev–Trinajstić information content (AvgIpc) is 2.81. The second-order valence-electron chi connectivity index (χ2n) is 6.50. The molecule has 2 aliphatic rings. The quantitative estimate of drug-likeness (QED) is 0.887. The number of aromatic amines is 1. The van der Waals surface area contributed by atoms with Gasteiger partial charge < -0.3 is 15.2 Å². The number of likely N-dealkylation sites (tertiary alicyclic amines) is 1. The number of hydrogen-bond acceptors (Lipinski definition) is 3. The topological polar surface area (TPSA) is 44.0 Å². The average molecular weight is 276 g/mol. The van der Waals surface area contributed by atoms with E-state index in [1.54, 1.807) is 0 Å². The smallest absolute Gasteiger partial charge is 0.0925 e. The van der Waals surface area contributed by atoms with Crippen LogP contribution in [-0.4, -0.2) is 40.5 Å². The number of H-pyrrole nitrogens is 1. The summed E-state index contributed by atoms with van der Waals surface area (Å²) >= 11 is 0. The summed E-state index contributed by atoms with van der Waals surface area (Å²) in [6.07, 6.45) is 9.89. The van der Waals surface area contributed by atoms with Crippen molar-refractivity contribution in [2.24, 2.45) is 5.92 Å². The third-order valence-electron chi connectivity index (χ3n) is 4.93. The highest BCUT2D eigenvalue weighted by molar-refractivity contribution is 5.16. The Bertz CT molecular complexity index is 414. The van der Waals surface area contributed by atoms with E-state index >= 15 is 0 Å². The maximum absolute atomic E-state index is 4.44. The molecule has 0 radical (unpaired) electrons. The Labute approximate surface area is 122 Å². The van der Waals surface area contributed by atoms with Crippen LogP contribution in [0.25, 0.3) is 0 Å². The van der Waals surface area contributed by atoms with Crippen molar-refractivity contribution in [3.63, 3.8) is 0 Å². The van der Waals surface area contributed by atoms with Crippen LogP contribution in [-0.2, 0) is 13.0 Å². The maximum Gasteiger partial charge on any atom is 0.0925 e. The first-order chi connectivity index (χ1) is 9.85. The van der Waals surface area contributed by atoms with Crippen molar-refractivity contribution >= 4 is 0 Å². The number of imidazole rings is 1. The van der Waals surface area contributed by atoms with Gasteiger partial charge in [-0.25, -0.2) is 4.98 Å². The first kappa shape index (κ1) is 14.1. The molecule has 112 valence electrons. The zero-order valence-electron chi connectivity index (χ0n) is 12.7. The number of nitrogens with one attached hydrogen (secondary N) is 2. The molecule has 0 amide bonds. The van der Waals surface area contributed by atoms with Crippen molar-refractivity contribution in [2.45, 2.75) is 58.0 Å². The van der Waals surface area contributed by atoms with Crippen LogP contribution in [0.1, 0.15) is 50.4 Å². The monoisotopic (exact) mass is 276 g/mol. The lowest BCUT2D eigenvalue weighted by Gasteiger charge is -2.29. The molecule has 2 aliphatic heterocycles. The summed E-state index contributed by atoms with van der Waals surface area (Å²) < 4.78 is 0. The normalized spacial score (nSPS) is 28.1. The highest BCUT2D eigenvalue weighted by atomic mass is 15.2. The lowest BCUT2D eigenvalue weighted by atomic mass is 9.96. The Kier molecular flexibility index (Phi) is 4.73. The van der Waals surface area contributed by atoms with Gasteiger partial charge >= 0.3 is 0 Å². The van der Waals surface area contributed by atoms with Crippen LogP contribution >= 0.6 is 0 Å². The third-order valence-corrected chi connectivity index (χ3v) is 4.93. The minimum Gasteiger partial charge on any atom is -0.347 e. The van der Waals surface area contributed by atoms with Crippen molar-refractivity contribution in [1.82, 2.24) is 20.2 Å². The molecule has 2 atom stereocenters. The van der Waals surface area contributed by atoms with Crippen molar-refractivity contribution in [2.75, 3.05) is 19.6 Å². The molecule has 1 aromatic heterocycles. The van der Waals surface area contributed by atoms with Gasteiger partial charge in [0.1, 0.15) is 0 Å². The summed E-state index contributed by atoms with van der Waals surface area (Å²) in [5.41, 5.74) is 2.55. The summed E-state index contributed by atoms with van der Waals surface area (Å²) in [4.78, 5) is 10.3. The molecule has 0 saturated carbocycles. The van der Waals surface area contributed by atoms with E-state index in [9.17, 15) is 0 Å². The molecule has 0 bridgehead atoms. The van der Waals surface area contributed by atoms with Crippen molar-refractivity contribution in [3.8, 4) is 0 Å². The van der Waals surface area contributed by atoms with E-state index in [1.165, 1.54) is 63.1 Å². The molecular formula is C16H28N4. The number of rotatable bonds is 4. The van der Waals surface area contributed by atoms with Crippen molar-refractivity contribution < 1.29 is 0 Å². The predicted molar refractivity (Wildman–Crippen MR) is 81.6 cm³/mol. The van der Waals surface area contributed by atoms with Gasteiger partial charge in [0.15, 0.2) is 0 Å². The van der Waals surface area contributed by atoms with Gasteiger partial charge in [-0.2, -0.15) is 0 Å². The lowest BCUT2D eigenvalue weighted by molar-refractivity contribution is 0.239. The van der Waals surface area contributed by atoms with Gasteiger partial charge in [-0.05, 0) is 38.3 Å². The van der Waals surface area contributed by atoms with Crippen LogP contribution < -0.4 is 5.32 Å². The van der Waals surface area contributed by atoms with E-state index in [0.29, 0.717) is 6.04 Å². The summed E-state index contributed by atoms with van der Waals surface area (Å²) in [5, 5.41) is 3.65.